The number of halogens is 4. The summed E-state index contributed by atoms with van der Waals surface area (Å²) in [6, 6.07) is 11.5. The summed E-state index contributed by atoms with van der Waals surface area (Å²) < 4.78 is 120. The predicted octanol–water partition coefficient (Wildman–Crippen LogP) is 8.15. The fourth-order valence-corrected chi connectivity index (χ4v) is 22.9. The Morgan fingerprint density at radius 2 is 0.544 bits per heavy atom. The third-order valence-corrected chi connectivity index (χ3v) is 28.3. The minimum Gasteiger partial charge on any atom is -0.748 e. The van der Waals surface area contributed by atoms with Gasteiger partial charge in [-0.15, -0.1) is 68.0 Å². The molecule has 0 unspecified atom stereocenters. The maximum atomic E-state index is 11.3. The molecule has 0 aliphatic carbocycles. The van der Waals surface area contributed by atoms with Gasteiger partial charge in [-0.05, 0) is 141 Å². The molecule has 2 N–H and O–H groups in total. The molecule has 42 heteroatoms. The fraction of sp³-hybridized carbons (Fsp3) is 0.250. The van der Waals surface area contributed by atoms with Crippen LogP contribution in [0.15, 0.2) is 68.7 Å². The van der Waals surface area contributed by atoms with Gasteiger partial charge in [0.05, 0.1) is 61.0 Å². The monoisotopic (exact) mass is 1640 g/mol. The number of aromatic nitrogens is 6. The van der Waals surface area contributed by atoms with Crippen LogP contribution >= 0.6 is 179 Å². The number of fused-ring (bicyclic) bond motifs is 3. The van der Waals surface area contributed by atoms with E-state index in [1.165, 1.54) is 90.7 Å². The van der Waals surface area contributed by atoms with E-state index in [9.17, 15) is 53.0 Å². The Hall–Kier alpha value is -0.290. The standard InChI is InChI=1S/C16H12Cl2N2O4S6.C16H14N2O6S6.C16H14N2O2S4.Cl2OS.2Na/c17-29(21,22)7-3-9-1-5-25-11(9)13-19-15-16(27-13)20-14(28-15)12-10(2-6-26-12)4-8-30(18,23)24;19-29(20,21)7-3-9-1-5-25-11(9)13-17-15-16(27-13)18-14(28-15)12-10(2-6-26-12)4-8-30(22,23)24;19-5-1-9-3-7-21-11(9)13-17-15-16(23-13)18-14(24-15)12-10(2-6-20)4-8-22-12;1-4(2)3;;/h1-2,5-6H,3-4,7-8H2;1-2,5-6H,3-4,7-8H2,(H,19,20,21)(H,22,23,24);3-4,7-8,19-20H,1-2,5-6H2;;;/q;;;;2*+1/p-2. The van der Waals surface area contributed by atoms with Gasteiger partial charge in [-0.2, -0.15) is 0 Å². The second-order valence-electron chi connectivity index (χ2n) is 17.7. The molecule has 470 valence electrons. The first-order valence-corrected chi connectivity index (χ1v) is 45.7. The van der Waals surface area contributed by atoms with Gasteiger partial charge in [0.1, 0.15) is 30.0 Å². The van der Waals surface area contributed by atoms with Gasteiger partial charge >= 0.3 is 59.1 Å². The molecule has 0 saturated carbocycles. The van der Waals surface area contributed by atoms with Crippen molar-refractivity contribution >= 4 is 255 Å². The van der Waals surface area contributed by atoms with Crippen molar-refractivity contribution < 1.29 is 116 Å². The summed E-state index contributed by atoms with van der Waals surface area (Å²) in [5, 5.41) is 34.9. The van der Waals surface area contributed by atoms with E-state index in [1.807, 2.05) is 44.4 Å². The predicted molar refractivity (Wildman–Crippen MR) is 370 cm³/mol. The van der Waals surface area contributed by atoms with Crippen molar-refractivity contribution in [1.82, 2.24) is 29.9 Å². The molecule has 12 rings (SSSR count). The van der Waals surface area contributed by atoms with Crippen LogP contribution in [0.5, 0.6) is 0 Å². The second kappa shape index (κ2) is 34.5. The average molecular weight is 1640 g/mol. The molecule has 0 amide bonds. The van der Waals surface area contributed by atoms with E-state index in [0.717, 1.165) is 112 Å². The number of rotatable bonds is 22. The van der Waals surface area contributed by atoms with E-state index in [0.29, 0.717) is 35.7 Å². The van der Waals surface area contributed by atoms with Gasteiger partial charge in [0.2, 0.25) is 27.3 Å². The van der Waals surface area contributed by atoms with Gasteiger partial charge in [0.25, 0.3) is 0 Å². The number of thiophene rings is 6. The minimum atomic E-state index is -4.29. The molecular formula is C48H38Cl4N6Na2O13S17. The van der Waals surface area contributed by atoms with Gasteiger partial charge < -0.3 is 19.3 Å². The molecule has 0 aliphatic rings. The zero-order valence-corrected chi connectivity index (χ0v) is 66.8. The van der Waals surface area contributed by atoms with Crippen LogP contribution in [0.1, 0.15) is 33.4 Å². The normalized spacial score (nSPS) is 12.0. The largest absolute Gasteiger partial charge is 1.00 e. The van der Waals surface area contributed by atoms with Crippen LogP contribution in [0.2, 0.25) is 0 Å². The van der Waals surface area contributed by atoms with Crippen molar-refractivity contribution in [3.63, 3.8) is 0 Å². The van der Waals surface area contributed by atoms with Gasteiger partial charge in [-0.3, -0.25) is 0 Å². The molecule has 0 aliphatic heterocycles. The molecule has 19 nitrogen and oxygen atoms in total. The zero-order valence-electron chi connectivity index (χ0n) is 45.9. The van der Waals surface area contributed by atoms with Gasteiger partial charge in [-0.25, -0.2) is 67.8 Å². The van der Waals surface area contributed by atoms with E-state index in [-0.39, 0.29) is 96.7 Å². The average Bonchev–Trinajstić information content (AvgIpc) is 1.93. The molecule has 0 saturated heterocycles. The summed E-state index contributed by atoms with van der Waals surface area (Å²) in [6.07, 6.45) is 2.25. The number of thiazole rings is 6. The first-order chi connectivity index (χ1) is 41.7. The number of hydrogen-bond acceptors (Lipinski definition) is 31. The zero-order chi connectivity index (χ0) is 63.1. The van der Waals surface area contributed by atoms with Crippen molar-refractivity contribution in [3.05, 3.63) is 102 Å². The van der Waals surface area contributed by atoms with E-state index in [4.69, 9.17) is 45.5 Å². The molecule has 12 aromatic rings. The van der Waals surface area contributed by atoms with Crippen molar-refractivity contribution in [2.45, 2.75) is 38.5 Å². The van der Waals surface area contributed by atoms with E-state index in [1.54, 1.807) is 57.5 Å². The Balaban J connectivity index is 0.000000185. The van der Waals surface area contributed by atoms with Crippen LogP contribution in [-0.2, 0) is 86.1 Å². The molecule has 0 atom stereocenters. The molecule has 90 heavy (non-hydrogen) atoms. The van der Waals surface area contributed by atoms with Gasteiger partial charge in [-0.1, -0.05) is 68.0 Å². The van der Waals surface area contributed by atoms with Crippen LogP contribution < -0.4 is 59.1 Å². The summed E-state index contributed by atoms with van der Waals surface area (Å²) >= 11 is 18.0. The van der Waals surface area contributed by atoms with Crippen LogP contribution in [0.25, 0.3) is 88.3 Å². The number of aliphatic hydroxyl groups is 2. The SMILES string of the molecule is O=S(=O)(Cl)CCc1ccsc1-c1nc2sc(-c3sccc3CCS(=O)(=O)Cl)nc2s1.O=S(=O)([O-])CCc1ccsc1-c1nc2sc(-c3sccc3CCS(=O)(=O)[O-])nc2s1.O=S(Cl)Cl.OCCc1ccsc1-c1nc2sc(-c3sccc3CCO)nc2s1.[Na+].[Na+]. The Morgan fingerprint density at radius 3 is 0.711 bits per heavy atom. The maximum absolute atomic E-state index is 11.3. The van der Waals surface area contributed by atoms with Gasteiger partial charge in [0, 0.05) is 67.4 Å². The Labute approximate surface area is 628 Å². The van der Waals surface area contributed by atoms with Crippen molar-refractivity contribution in [2.24, 2.45) is 0 Å². The summed E-state index contributed by atoms with van der Waals surface area (Å²) in [5.74, 6) is -1.17. The first-order valence-electron chi connectivity index (χ1n) is 24.6. The summed E-state index contributed by atoms with van der Waals surface area (Å²) in [4.78, 5) is 38.9. The van der Waals surface area contributed by atoms with E-state index < -0.39 is 59.1 Å². The quantitative estimate of drug-likeness (QED) is 0.0367. The molecule has 0 fully saturated rings. The van der Waals surface area contributed by atoms with Crippen molar-refractivity contribution in [2.75, 3.05) is 36.2 Å². The molecule has 0 radical (unpaired) electrons. The Morgan fingerprint density at radius 1 is 0.367 bits per heavy atom. The maximum Gasteiger partial charge on any atom is 1.00 e. The Kier molecular flexibility index (Phi) is 29.5. The second-order valence-corrected chi connectivity index (χ2v) is 40.5. The van der Waals surface area contributed by atoms with E-state index in [2.05, 4.69) is 43.5 Å². The number of aryl methyl sites for hydroxylation is 4. The minimum absolute atomic E-state index is 0. The van der Waals surface area contributed by atoms with Gasteiger partial charge in [0.15, 0.2) is 29.0 Å². The van der Waals surface area contributed by atoms with Crippen LogP contribution in [0, 0.1) is 0 Å². The smallest absolute Gasteiger partial charge is 0.748 e. The molecule has 0 spiro atoms. The first kappa shape index (κ1) is 77.1. The molecular weight excluding hydrogens is 1600 g/mol. The number of aliphatic hydroxyl groups excluding tert-OH is 2. The van der Waals surface area contributed by atoms with Crippen LogP contribution in [-0.4, -0.2) is 123 Å². The Bertz CT molecular complexity index is 4270. The third-order valence-electron chi connectivity index (χ3n) is 11.8. The van der Waals surface area contributed by atoms with Crippen molar-refractivity contribution in [1.29, 1.82) is 0 Å². The van der Waals surface area contributed by atoms with Crippen molar-refractivity contribution in [3.8, 4) is 59.3 Å². The molecule has 12 heterocycles. The number of nitrogens with zero attached hydrogens (tertiary/aromatic N) is 6. The molecule has 0 bridgehead atoms. The van der Waals surface area contributed by atoms with Crippen LogP contribution in [0.3, 0.4) is 0 Å². The summed E-state index contributed by atoms with van der Waals surface area (Å²) in [6.45, 7) is 0.301. The summed E-state index contributed by atoms with van der Waals surface area (Å²) in [5.41, 5.74) is 5.61. The number of hydrogen-bond donors (Lipinski definition) is 2. The van der Waals surface area contributed by atoms with E-state index >= 15 is 0 Å². The molecule has 0 aromatic carbocycles. The fourth-order valence-electron chi connectivity index (χ4n) is 8.00. The topological polar surface area (TPSA) is 318 Å². The third kappa shape index (κ3) is 21.9. The molecule has 12 aromatic heterocycles. The van der Waals surface area contributed by atoms with Crippen LogP contribution in [0.4, 0.5) is 0 Å². The summed E-state index contributed by atoms with van der Waals surface area (Å²) in [7, 11) is 2.33.